The van der Waals surface area contributed by atoms with E-state index in [2.05, 4.69) is 6.92 Å². The van der Waals surface area contributed by atoms with E-state index in [1.807, 2.05) is 0 Å². The van der Waals surface area contributed by atoms with Gasteiger partial charge in [-0.25, -0.2) is 8.78 Å². The van der Waals surface area contributed by atoms with Crippen LogP contribution in [0.1, 0.15) is 30.9 Å². The first-order valence-corrected chi connectivity index (χ1v) is 4.60. The molecule has 0 aromatic heterocycles. The number of unbranched alkanes of at least 4 members (excludes halogenated alkanes) is 1. The van der Waals surface area contributed by atoms with Gasteiger partial charge in [0, 0.05) is 0 Å². The largest absolute Gasteiger partial charge is 0.204 e. The number of aryl methyl sites for hydroxylation is 1. The Balaban J connectivity index is 2.90. The van der Waals surface area contributed by atoms with Gasteiger partial charge in [-0.05, 0) is 37.0 Å². The third-order valence-corrected chi connectivity index (χ3v) is 2.25. The highest BCUT2D eigenvalue weighted by Crippen LogP contribution is 2.17. The van der Waals surface area contributed by atoms with Crippen LogP contribution in [0.25, 0.3) is 0 Å². The van der Waals surface area contributed by atoms with E-state index in [-0.39, 0.29) is 0 Å². The van der Waals surface area contributed by atoms with Crippen molar-refractivity contribution in [3.63, 3.8) is 0 Å². The van der Waals surface area contributed by atoms with Crippen molar-refractivity contribution in [3.05, 3.63) is 34.9 Å². The zero-order valence-electron chi connectivity index (χ0n) is 8.03. The molecule has 0 atom stereocenters. The number of hydrogen-bond acceptors (Lipinski definition) is 0. The summed E-state index contributed by atoms with van der Waals surface area (Å²) in [6, 6.07) is 2.87. The summed E-state index contributed by atoms with van der Waals surface area (Å²) in [5.74, 6) is -1.45. The first-order valence-electron chi connectivity index (χ1n) is 4.60. The van der Waals surface area contributed by atoms with Crippen LogP contribution in [0.4, 0.5) is 8.78 Å². The predicted molar refractivity (Wildman–Crippen MR) is 49.7 cm³/mol. The Morgan fingerprint density at radius 3 is 2.54 bits per heavy atom. The molecule has 0 amide bonds. The van der Waals surface area contributed by atoms with Crippen LogP contribution in [0.5, 0.6) is 0 Å². The second-order valence-corrected chi connectivity index (χ2v) is 3.25. The fourth-order valence-electron chi connectivity index (χ4n) is 1.33. The molecule has 0 nitrogen and oxygen atoms in total. The molecule has 2 heteroatoms. The molecule has 0 fully saturated rings. The minimum atomic E-state index is -0.752. The van der Waals surface area contributed by atoms with Crippen molar-refractivity contribution in [2.75, 3.05) is 0 Å². The lowest BCUT2D eigenvalue weighted by molar-refractivity contribution is 0.500. The Morgan fingerprint density at radius 2 is 1.92 bits per heavy atom. The van der Waals surface area contributed by atoms with Crippen LogP contribution >= 0.6 is 0 Å². The van der Waals surface area contributed by atoms with Crippen molar-refractivity contribution >= 4 is 0 Å². The third kappa shape index (κ3) is 2.27. The van der Waals surface area contributed by atoms with Gasteiger partial charge < -0.3 is 0 Å². The minimum Gasteiger partial charge on any atom is -0.204 e. The maximum atomic E-state index is 13.0. The lowest BCUT2D eigenvalue weighted by Crippen LogP contribution is -1.96. The lowest BCUT2D eigenvalue weighted by atomic mass is 10.0. The zero-order valence-corrected chi connectivity index (χ0v) is 8.03. The summed E-state index contributed by atoms with van der Waals surface area (Å²) in [6.45, 7) is 3.71. The van der Waals surface area contributed by atoms with E-state index < -0.39 is 11.6 Å². The molecule has 0 radical (unpaired) electrons. The van der Waals surface area contributed by atoms with E-state index in [1.54, 1.807) is 13.0 Å². The van der Waals surface area contributed by atoms with Gasteiger partial charge in [0.05, 0.1) is 0 Å². The Kier molecular flexibility index (Phi) is 3.40. The Bertz CT molecular complexity index is 292. The summed E-state index contributed by atoms with van der Waals surface area (Å²) in [5, 5.41) is 0. The normalized spacial score (nSPS) is 10.5. The van der Waals surface area contributed by atoms with Gasteiger partial charge in [-0.2, -0.15) is 0 Å². The molecule has 0 heterocycles. The smallest absolute Gasteiger partial charge is 0.161 e. The van der Waals surface area contributed by atoms with E-state index in [9.17, 15) is 8.78 Å². The number of benzene rings is 1. The molecule has 0 aliphatic carbocycles. The molecule has 0 spiro atoms. The molecule has 0 aliphatic heterocycles. The molecule has 0 unspecified atom stereocenters. The van der Waals surface area contributed by atoms with Crippen LogP contribution in [0, 0.1) is 18.6 Å². The summed E-state index contributed by atoms with van der Waals surface area (Å²) in [5.41, 5.74) is 1.37. The average Bonchev–Trinajstić information content (AvgIpc) is 2.13. The number of halogens is 2. The molecule has 0 bridgehead atoms. The third-order valence-electron chi connectivity index (χ3n) is 2.25. The predicted octanol–water partition coefficient (Wildman–Crippen LogP) is 3.62. The highest BCUT2D eigenvalue weighted by molar-refractivity contribution is 5.28. The van der Waals surface area contributed by atoms with Crippen molar-refractivity contribution in [1.29, 1.82) is 0 Å². The summed E-state index contributed by atoms with van der Waals surface area (Å²) in [6.07, 6.45) is 2.92. The van der Waals surface area contributed by atoms with Gasteiger partial charge >= 0.3 is 0 Å². The Morgan fingerprint density at radius 1 is 1.23 bits per heavy atom. The topological polar surface area (TPSA) is 0 Å². The fraction of sp³-hybridized carbons (Fsp3) is 0.455. The second-order valence-electron chi connectivity index (χ2n) is 3.25. The maximum absolute atomic E-state index is 13.0. The van der Waals surface area contributed by atoms with E-state index in [0.717, 1.165) is 24.8 Å². The molecular weight excluding hydrogens is 170 g/mol. The van der Waals surface area contributed by atoms with Gasteiger partial charge in [0.2, 0.25) is 0 Å². The van der Waals surface area contributed by atoms with Crippen molar-refractivity contribution in [1.82, 2.24) is 0 Å². The van der Waals surface area contributed by atoms with Gasteiger partial charge in [-0.3, -0.25) is 0 Å². The van der Waals surface area contributed by atoms with Crippen LogP contribution in [0.15, 0.2) is 12.1 Å². The van der Waals surface area contributed by atoms with Gasteiger partial charge in [0.15, 0.2) is 11.6 Å². The molecule has 0 saturated carbocycles. The number of rotatable bonds is 3. The van der Waals surface area contributed by atoms with Crippen molar-refractivity contribution in [2.45, 2.75) is 33.1 Å². The van der Waals surface area contributed by atoms with Crippen LogP contribution < -0.4 is 0 Å². The minimum absolute atomic E-state index is 0.452. The maximum Gasteiger partial charge on any atom is 0.161 e. The Hall–Kier alpha value is -0.920. The summed E-state index contributed by atoms with van der Waals surface area (Å²) in [7, 11) is 0. The monoisotopic (exact) mass is 184 g/mol. The molecule has 1 aromatic carbocycles. The van der Waals surface area contributed by atoms with Crippen LogP contribution in [-0.2, 0) is 6.42 Å². The van der Waals surface area contributed by atoms with E-state index >= 15 is 0 Å². The first kappa shape index (κ1) is 10.2. The fourth-order valence-corrected chi connectivity index (χ4v) is 1.33. The second kappa shape index (κ2) is 4.35. The van der Waals surface area contributed by atoms with E-state index in [0.29, 0.717) is 5.56 Å². The van der Waals surface area contributed by atoms with Crippen LogP contribution in [0.3, 0.4) is 0 Å². The highest BCUT2D eigenvalue weighted by atomic mass is 19.2. The van der Waals surface area contributed by atoms with E-state index in [4.69, 9.17) is 0 Å². The molecule has 0 saturated heterocycles. The van der Waals surface area contributed by atoms with Crippen molar-refractivity contribution < 1.29 is 8.78 Å². The van der Waals surface area contributed by atoms with E-state index in [1.165, 1.54) is 6.07 Å². The van der Waals surface area contributed by atoms with Gasteiger partial charge in [0.25, 0.3) is 0 Å². The highest BCUT2D eigenvalue weighted by Gasteiger charge is 2.08. The first-order chi connectivity index (χ1) is 6.16. The molecule has 1 rings (SSSR count). The average molecular weight is 184 g/mol. The Labute approximate surface area is 77.6 Å². The zero-order chi connectivity index (χ0) is 9.84. The molecular formula is C11H14F2. The van der Waals surface area contributed by atoms with Crippen molar-refractivity contribution in [2.24, 2.45) is 0 Å². The lowest BCUT2D eigenvalue weighted by Gasteiger charge is -2.06. The summed E-state index contributed by atoms with van der Waals surface area (Å²) < 4.78 is 25.8. The number of hydrogen-bond donors (Lipinski definition) is 0. The molecule has 72 valence electrons. The molecule has 13 heavy (non-hydrogen) atoms. The van der Waals surface area contributed by atoms with Gasteiger partial charge in [0.1, 0.15) is 0 Å². The van der Waals surface area contributed by atoms with Gasteiger partial charge in [-0.15, -0.1) is 0 Å². The molecule has 0 N–H and O–H groups in total. The van der Waals surface area contributed by atoms with Crippen LogP contribution in [0.2, 0.25) is 0 Å². The summed E-state index contributed by atoms with van der Waals surface area (Å²) >= 11 is 0. The van der Waals surface area contributed by atoms with Gasteiger partial charge in [-0.1, -0.05) is 19.4 Å². The standard InChI is InChI=1S/C11H14F2/c1-3-4-5-9-6-7-10(12)11(13)8(9)2/h6-7H,3-5H2,1-2H3. The summed E-state index contributed by atoms with van der Waals surface area (Å²) in [4.78, 5) is 0. The molecule has 0 aliphatic rings. The van der Waals surface area contributed by atoms with Crippen LogP contribution in [-0.4, -0.2) is 0 Å². The van der Waals surface area contributed by atoms with Crippen molar-refractivity contribution in [3.8, 4) is 0 Å². The molecule has 1 aromatic rings. The quantitative estimate of drug-likeness (QED) is 0.673. The SMILES string of the molecule is CCCCc1ccc(F)c(F)c1C.